The van der Waals surface area contributed by atoms with Crippen LogP contribution in [0.3, 0.4) is 0 Å². The molecule has 68 valence electrons. The van der Waals surface area contributed by atoms with Gasteiger partial charge in [0.15, 0.2) is 0 Å². The average molecular weight is 193 g/mol. The van der Waals surface area contributed by atoms with Crippen molar-refractivity contribution in [1.82, 2.24) is 0 Å². The van der Waals surface area contributed by atoms with Gasteiger partial charge in [-0.3, -0.25) is 0 Å². The molecule has 0 aliphatic heterocycles. The zero-order valence-electron chi connectivity index (χ0n) is 7.43. The number of hydrogen-bond acceptors (Lipinski definition) is 3. The van der Waals surface area contributed by atoms with Crippen LogP contribution in [0.2, 0.25) is 0 Å². The molecule has 3 heteroatoms. The van der Waals surface area contributed by atoms with E-state index < -0.39 is 0 Å². The zero-order valence-corrected chi connectivity index (χ0v) is 8.25. The van der Waals surface area contributed by atoms with Crippen LogP contribution in [0.25, 0.3) is 0 Å². The van der Waals surface area contributed by atoms with E-state index >= 15 is 0 Å². The van der Waals surface area contributed by atoms with E-state index in [0.717, 1.165) is 10.4 Å². The van der Waals surface area contributed by atoms with Gasteiger partial charge in [-0.25, -0.2) is 0 Å². The molecule has 2 nitrogen and oxygen atoms in total. The fourth-order valence-corrected chi connectivity index (χ4v) is 1.42. The Morgan fingerprint density at radius 1 is 1.46 bits per heavy atom. The molecule has 0 N–H and O–H groups in total. The van der Waals surface area contributed by atoms with E-state index in [-0.39, 0.29) is 6.04 Å². The van der Waals surface area contributed by atoms with Gasteiger partial charge in [-0.05, 0) is 12.5 Å². The fraction of sp³-hybridized carbons (Fsp3) is 0.300. The number of hydrogen-bond donors (Lipinski definition) is 0. The van der Waals surface area contributed by atoms with Crippen LogP contribution in [0.4, 0.5) is 0 Å². The number of nitrogens with zero attached hydrogens (tertiary/aromatic N) is 1. The second-order valence-electron chi connectivity index (χ2n) is 2.95. The van der Waals surface area contributed by atoms with Gasteiger partial charge in [-0.1, -0.05) is 47.7 Å². The molecule has 1 rings (SSSR count). The lowest BCUT2D eigenvalue weighted by atomic mass is 10.1. The Morgan fingerprint density at radius 3 is 2.62 bits per heavy atom. The highest BCUT2D eigenvalue weighted by molar-refractivity contribution is 7.80. The van der Waals surface area contributed by atoms with Crippen molar-refractivity contribution in [3.63, 3.8) is 0 Å². The molecular formula is C10H11NOS. The highest BCUT2D eigenvalue weighted by Crippen LogP contribution is 2.08. The Bertz CT molecular complexity index is 297. The standard InChI is InChI=1S/C10H11NOS/c1-8(11-12)7-10(13)9-5-3-2-4-6-9/h2-6,8H,7H2,1H3. The maximum Gasteiger partial charge on any atom is 0.0940 e. The minimum absolute atomic E-state index is 0.229. The van der Waals surface area contributed by atoms with Crippen LogP contribution in [0, 0.1) is 4.91 Å². The van der Waals surface area contributed by atoms with Gasteiger partial charge in [0.2, 0.25) is 0 Å². The Balaban J connectivity index is 2.64. The van der Waals surface area contributed by atoms with E-state index in [1.165, 1.54) is 0 Å². The summed E-state index contributed by atoms with van der Waals surface area (Å²) in [6.45, 7) is 1.77. The van der Waals surface area contributed by atoms with Crippen LogP contribution in [0.5, 0.6) is 0 Å². The molecule has 0 bridgehead atoms. The summed E-state index contributed by atoms with van der Waals surface area (Å²) in [7, 11) is 0. The van der Waals surface area contributed by atoms with Crippen LogP contribution in [-0.2, 0) is 0 Å². The van der Waals surface area contributed by atoms with Gasteiger partial charge < -0.3 is 0 Å². The molecule has 0 heterocycles. The highest BCUT2D eigenvalue weighted by Gasteiger charge is 2.06. The van der Waals surface area contributed by atoms with Crippen molar-refractivity contribution in [1.29, 1.82) is 0 Å². The average Bonchev–Trinajstić information content (AvgIpc) is 2.19. The van der Waals surface area contributed by atoms with Crippen molar-refractivity contribution >= 4 is 17.1 Å². The first-order valence-electron chi connectivity index (χ1n) is 4.14. The molecule has 1 aromatic rings. The summed E-state index contributed by atoms with van der Waals surface area (Å²) < 4.78 is 0. The van der Waals surface area contributed by atoms with Crippen molar-refractivity contribution in [2.45, 2.75) is 19.4 Å². The summed E-state index contributed by atoms with van der Waals surface area (Å²) in [6.07, 6.45) is 0.558. The largest absolute Gasteiger partial charge is 0.151 e. The molecule has 0 amide bonds. The molecule has 1 atom stereocenters. The van der Waals surface area contributed by atoms with Crippen molar-refractivity contribution in [3.05, 3.63) is 40.8 Å². The second kappa shape index (κ2) is 4.82. The molecule has 1 unspecified atom stereocenters. The molecule has 0 radical (unpaired) electrons. The van der Waals surface area contributed by atoms with Gasteiger partial charge in [0.25, 0.3) is 0 Å². The molecular weight excluding hydrogens is 182 g/mol. The maximum atomic E-state index is 10.2. The van der Waals surface area contributed by atoms with Crippen molar-refractivity contribution in [3.8, 4) is 0 Å². The highest BCUT2D eigenvalue weighted by atomic mass is 32.1. The van der Waals surface area contributed by atoms with Crippen LogP contribution in [-0.4, -0.2) is 10.9 Å². The predicted molar refractivity (Wildman–Crippen MR) is 58.0 cm³/mol. The Kier molecular flexibility index (Phi) is 3.71. The fourth-order valence-electron chi connectivity index (χ4n) is 1.05. The molecule has 0 saturated carbocycles. The molecule has 13 heavy (non-hydrogen) atoms. The van der Waals surface area contributed by atoms with Crippen LogP contribution >= 0.6 is 12.2 Å². The van der Waals surface area contributed by atoms with E-state index in [4.69, 9.17) is 12.2 Å². The number of benzene rings is 1. The summed E-state index contributed by atoms with van der Waals surface area (Å²) in [4.78, 5) is 11.0. The van der Waals surface area contributed by atoms with Gasteiger partial charge in [-0.15, -0.1) is 0 Å². The quantitative estimate of drug-likeness (QED) is 0.418. The summed E-state index contributed by atoms with van der Waals surface area (Å²) in [5.41, 5.74) is 1.01. The monoisotopic (exact) mass is 193 g/mol. The van der Waals surface area contributed by atoms with Crippen LogP contribution in [0.15, 0.2) is 35.5 Å². The third-order valence-corrected chi connectivity index (χ3v) is 2.16. The Labute approximate surface area is 82.9 Å². The topological polar surface area (TPSA) is 29.4 Å². The molecule has 0 aromatic heterocycles. The lowest BCUT2D eigenvalue weighted by Gasteiger charge is -2.04. The first-order chi connectivity index (χ1) is 6.24. The van der Waals surface area contributed by atoms with Gasteiger partial charge in [-0.2, -0.15) is 4.91 Å². The minimum atomic E-state index is -0.229. The zero-order chi connectivity index (χ0) is 9.68. The third kappa shape index (κ3) is 3.03. The first kappa shape index (κ1) is 9.99. The third-order valence-electron chi connectivity index (χ3n) is 1.76. The summed E-state index contributed by atoms with van der Waals surface area (Å²) in [5.74, 6) is 0. The van der Waals surface area contributed by atoms with Crippen molar-refractivity contribution in [2.24, 2.45) is 5.18 Å². The SMILES string of the molecule is CC(CC(=S)c1ccccc1)N=O. The van der Waals surface area contributed by atoms with E-state index in [1.807, 2.05) is 30.3 Å². The summed E-state index contributed by atoms with van der Waals surface area (Å²) >= 11 is 5.16. The molecule has 0 fully saturated rings. The first-order valence-corrected chi connectivity index (χ1v) is 4.55. The van der Waals surface area contributed by atoms with E-state index in [1.54, 1.807) is 6.92 Å². The van der Waals surface area contributed by atoms with E-state index in [0.29, 0.717) is 6.42 Å². The van der Waals surface area contributed by atoms with E-state index in [2.05, 4.69) is 5.18 Å². The normalized spacial score (nSPS) is 12.1. The lowest BCUT2D eigenvalue weighted by molar-refractivity contribution is 0.779. The molecule has 1 aromatic carbocycles. The number of thiocarbonyl (C=S) groups is 1. The summed E-state index contributed by atoms with van der Waals surface area (Å²) in [6, 6.07) is 9.46. The van der Waals surface area contributed by atoms with E-state index in [9.17, 15) is 4.91 Å². The van der Waals surface area contributed by atoms with Crippen molar-refractivity contribution in [2.75, 3.05) is 0 Å². The van der Waals surface area contributed by atoms with Gasteiger partial charge in [0.05, 0.1) is 6.04 Å². The van der Waals surface area contributed by atoms with Gasteiger partial charge in [0.1, 0.15) is 0 Å². The van der Waals surface area contributed by atoms with Gasteiger partial charge in [0, 0.05) is 11.3 Å². The molecule has 0 saturated heterocycles. The van der Waals surface area contributed by atoms with Crippen LogP contribution in [0.1, 0.15) is 18.9 Å². The number of nitroso groups, excluding NO2 is 1. The maximum absolute atomic E-state index is 10.2. The van der Waals surface area contributed by atoms with Gasteiger partial charge >= 0.3 is 0 Å². The Morgan fingerprint density at radius 2 is 2.08 bits per heavy atom. The predicted octanol–water partition coefficient (Wildman–Crippen LogP) is 2.95. The number of rotatable bonds is 4. The molecule has 0 aliphatic rings. The smallest absolute Gasteiger partial charge is 0.0940 e. The van der Waals surface area contributed by atoms with Crippen LogP contribution < -0.4 is 0 Å². The minimum Gasteiger partial charge on any atom is -0.151 e. The van der Waals surface area contributed by atoms with Crippen molar-refractivity contribution < 1.29 is 0 Å². The summed E-state index contributed by atoms with van der Waals surface area (Å²) in [5, 5.41) is 2.92. The molecule has 0 spiro atoms. The second-order valence-corrected chi connectivity index (χ2v) is 3.44. The Hall–Kier alpha value is -1.09. The lowest BCUT2D eigenvalue weighted by Crippen LogP contribution is -2.06. The molecule has 0 aliphatic carbocycles.